The van der Waals surface area contributed by atoms with Crippen molar-refractivity contribution in [3.05, 3.63) is 0 Å². The van der Waals surface area contributed by atoms with Crippen molar-refractivity contribution in [3.8, 4) is 0 Å². The molecule has 0 saturated heterocycles. The zero-order chi connectivity index (χ0) is 15.0. The Kier molecular flexibility index (Phi) is 5.89. The SMILES string of the molecule is CC(C)[C@](C)(P)O[Si](C)(C)C(C)(C)O[Si](C)(C)C. The van der Waals surface area contributed by atoms with Gasteiger partial charge >= 0.3 is 0 Å². The van der Waals surface area contributed by atoms with Crippen LogP contribution in [-0.2, 0) is 8.85 Å². The molecule has 1 unspecified atom stereocenters. The monoisotopic (exact) mass is 308 g/mol. The van der Waals surface area contributed by atoms with E-state index in [1.807, 2.05) is 0 Å². The van der Waals surface area contributed by atoms with Gasteiger partial charge in [0.2, 0.25) is 8.32 Å². The molecule has 0 saturated carbocycles. The third kappa shape index (κ3) is 5.42. The van der Waals surface area contributed by atoms with Crippen molar-refractivity contribution in [3.63, 3.8) is 0 Å². The maximum Gasteiger partial charge on any atom is 0.217 e. The Morgan fingerprint density at radius 3 is 1.56 bits per heavy atom. The topological polar surface area (TPSA) is 18.5 Å². The molecular formula is C13H33O2PSi2. The fourth-order valence-electron chi connectivity index (χ4n) is 1.68. The van der Waals surface area contributed by atoms with Crippen LogP contribution in [-0.4, -0.2) is 27.2 Å². The van der Waals surface area contributed by atoms with Crippen LogP contribution in [0.4, 0.5) is 0 Å². The van der Waals surface area contributed by atoms with Gasteiger partial charge in [0, 0.05) is 0 Å². The molecule has 0 heterocycles. The summed E-state index contributed by atoms with van der Waals surface area (Å²) in [5.74, 6) is 0.469. The minimum atomic E-state index is -1.95. The second-order valence-electron chi connectivity index (χ2n) is 7.68. The Morgan fingerprint density at radius 1 is 0.889 bits per heavy atom. The van der Waals surface area contributed by atoms with Crippen LogP contribution < -0.4 is 0 Å². The minimum Gasteiger partial charge on any atom is -0.413 e. The Labute approximate surface area is 119 Å². The molecule has 2 atom stereocenters. The molecule has 0 bridgehead atoms. The average Bonchev–Trinajstić information content (AvgIpc) is 1.95. The molecule has 18 heavy (non-hydrogen) atoms. The predicted octanol–water partition coefficient (Wildman–Crippen LogP) is 4.62. The van der Waals surface area contributed by atoms with Crippen LogP contribution in [0, 0.1) is 5.92 Å². The van der Waals surface area contributed by atoms with Crippen LogP contribution in [0.3, 0.4) is 0 Å². The quantitative estimate of drug-likeness (QED) is 0.526. The normalized spacial score (nSPS) is 18.0. The molecule has 5 heteroatoms. The van der Waals surface area contributed by atoms with Crippen molar-refractivity contribution in [2.45, 2.75) is 77.9 Å². The van der Waals surface area contributed by atoms with E-state index in [1.165, 1.54) is 0 Å². The van der Waals surface area contributed by atoms with Crippen molar-refractivity contribution in [2.75, 3.05) is 0 Å². The molecule has 0 aliphatic carbocycles. The van der Waals surface area contributed by atoms with E-state index < -0.39 is 16.6 Å². The first-order valence-electron chi connectivity index (χ1n) is 6.80. The predicted molar refractivity (Wildman–Crippen MR) is 90.0 cm³/mol. The van der Waals surface area contributed by atoms with Crippen molar-refractivity contribution < 1.29 is 8.85 Å². The molecule has 110 valence electrons. The molecule has 0 rings (SSSR count). The van der Waals surface area contributed by atoms with Gasteiger partial charge in [-0.05, 0) is 59.4 Å². The van der Waals surface area contributed by atoms with Gasteiger partial charge in [0.15, 0.2) is 8.32 Å². The van der Waals surface area contributed by atoms with Crippen molar-refractivity contribution >= 4 is 25.9 Å². The van der Waals surface area contributed by atoms with E-state index in [1.54, 1.807) is 0 Å². The summed E-state index contributed by atoms with van der Waals surface area (Å²) in [7, 11) is -0.632. The van der Waals surface area contributed by atoms with E-state index in [9.17, 15) is 0 Å². The minimum absolute atomic E-state index is 0.163. The van der Waals surface area contributed by atoms with E-state index in [0.29, 0.717) is 5.92 Å². The third-order valence-corrected chi connectivity index (χ3v) is 9.93. The third-order valence-electron chi connectivity index (χ3n) is 3.63. The molecule has 0 N–H and O–H groups in total. The second-order valence-corrected chi connectivity index (χ2v) is 17.7. The fraction of sp³-hybridized carbons (Fsp3) is 1.00. The van der Waals surface area contributed by atoms with Gasteiger partial charge in [0.1, 0.15) is 0 Å². The van der Waals surface area contributed by atoms with Gasteiger partial charge in [-0.3, -0.25) is 0 Å². The molecule has 0 amide bonds. The molecule has 0 aliphatic heterocycles. The first-order valence-corrected chi connectivity index (χ1v) is 13.7. The highest BCUT2D eigenvalue weighted by Crippen LogP contribution is 2.37. The summed E-state index contributed by atoms with van der Waals surface area (Å²) in [5, 5.41) is -0.333. The summed E-state index contributed by atoms with van der Waals surface area (Å²) in [4.78, 5) is 0. The standard InChI is InChI=1S/C13H33O2PSi2/c1-11(2)13(5,16)15-18(9,10)12(3,4)14-17(6,7)8/h11H,16H2,1-10H3/t13-/m0/s1. The summed E-state index contributed by atoms with van der Waals surface area (Å²) in [5.41, 5.74) is 0. The van der Waals surface area contributed by atoms with Gasteiger partial charge in [-0.2, -0.15) is 0 Å². The number of rotatable bonds is 6. The first kappa shape index (κ1) is 18.8. The lowest BCUT2D eigenvalue weighted by Gasteiger charge is -2.47. The first-order chi connectivity index (χ1) is 7.61. The zero-order valence-corrected chi connectivity index (χ0v) is 17.1. The highest BCUT2D eigenvalue weighted by atomic mass is 31.0. The van der Waals surface area contributed by atoms with Gasteiger partial charge in [-0.25, -0.2) is 0 Å². The number of hydrogen-bond acceptors (Lipinski definition) is 2. The maximum absolute atomic E-state index is 6.50. The van der Waals surface area contributed by atoms with Gasteiger partial charge in [0.25, 0.3) is 0 Å². The zero-order valence-electron chi connectivity index (χ0n) is 14.0. The molecule has 0 aliphatic rings. The largest absolute Gasteiger partial charge is 0.413 e. The number of hydrogen-bond donors (Lipinski definition) is 0. The Hall–Kier alpha value is 0.784. The van der Waals surface area contributed by atoms with Crippen LogP contribution in [0.25, 0.3) is 0 Å². The smallest absolute Gasteiger partial charge is 0.217 e. The molecule has 0 aromatic heterocycles. The Morgan fingerprint density at radius 2 is 1.28 bits per heavy atom. The second kappa shape index (κ2) is 5.65. The van der Waals surface area contributed by atoms with Crippen molar-refractivity contribution in [1.29, 1.82) is 0 Å². The Balaban J connectivity index is 5.02. The summed E-state index contributed by atoms with van der Waals surface area (Å²) in [6.07, 6.45) is 0. The molecular weight excluding hydrogens is 275 g/mol. The van der Waals surface area contributed by atoms with Crippen LogP contribution in [0.2, 0.25) is 32.7 Å². The van der Waals surface area contributed by atoms with E-state index >= 15 is 0 Å². The van der Waals surface area contributed by atoms with Gasteiger partial charge in [-0.1, -0.05) is 13.8 Å². The lowest BCUT2D eigenvalue weighted by molar-refractivity contribution is 0.0762. The van der Waals surface area contributed by atoms with Gasteiger partial charge in [0.05, 0.1) is 10.6 Å². The fourth-order valence-corrected chi connectivity index (χ4v) is 7.58. The van der Waals surface area contributed by atoms with Gasteiger partial charge < -0.3 is 8.85 Å². The maximum atomic E-state index is 6.50. The van der Waals surface area contributed by atoms with Gasteiger partial charge in [-0.15, -0.1) is 9.24 Å². The van der Waals surface area contributed by atoms with Crippen molar-refractivity contribution in [1.82, 2.24) is 0 Å². The van der Waals surface area contributed by atoms with Crippen LogP contribution in [0.5, 0.6) is 0 Å². The Bertz CT molecular complexity index is 281. The van der Waals surface area contributed by atoms with E-state index in [-0.39, 0.29) is 10.6 Å². The molecule has 0 radical (unpaired) electrons. The van der Waals surface area contributed by atoms with Crippen LogP contribution >= 0.6 is 9.24 Å². The van der Waals surface area contributed by atoms with E-state index in [2.05, 4.69) is 76.6 Å². The summed E-state index contributed by atoms with van der Waals surface area (Å²) in [6.45, 7) is 22.2. The lowest BCUT2D eigenvalue weighted by atomic mass is 10.1. The summed E-state index contributed by atoms with van der Waals surface area (Å²) in [6, 6.07) is 0. The summed E-state index contributed by atoms with van der Waals surface area (Å²) >= 11 is 0. The lowest BCUT2D eigenvalue weighted by Crippen LogP contribution is -2.60. The van der Waals surface area contributed by atoms with E-state index in [0.717, 1.165) is 0 Å². The van der Waals surface area contributed by atoms with Crippen LogP contribution in [0.15, 0.2) is 0 Å². The van der Waals surface area contributed by atoms with E-state index in [4.69, 9.17) is 8.85 Å². The molecule has 0 fully saturated rings. The molecule has 0 aromatic rings. The average molecular weight is 309 g/mol. The molecule has 2 nitrogen and oxygen atoms in total. The highest BCUT2D eigenvalue weighted by Gasteiger charge is 2.47. The van der Waals surface area contributed by atoms with Crippen LogP contribution in [0.1, 0.15) is 34.6 Å². The van der Waals surface area contributed by atoms with Crippen molar-refractivity contribution in [2.24, 2.45) is 5.92 Å². The summed E-state index contributed by atoms with van der Waals surface area (Å²) < 4.78 is 12.9. The highest BCUT2D eigenvalue weighted by molar-refractivity contribution is 7.18. The molecule has 0 spiro atoms. The molecule has 0 aromatic carbocycles.